The molecule has 1 aromatic heterocycles. The molecule has 8 heteroatoms. The molecule has 0 spiro atoms. The molecule has 0 fully saturated rings. The van der Waals surface area contributed by atoms with E-state index in [1.165, 1.54) is 10.9 Å². The Balaban J connectivity index is 1.72. The number of hydrogen-bond acceptors (Lipinski definition) is 6. The molecular formula is C21H21ClN4O3. The Morgan fingerprint density at radius 2 is 2.00 bits per heavy atom. The van der Waals surface area contributed by atoms with Crippen LogP contribution in [-0.4, -0.2) is 29.7 Å². The van der Waals surface area contributed by atoms with Crippen molar-refractivity contribution >= 4 is 23.5 Å². The minimum absolute atomic E-state index is 0.0253. The van der Waals surface area contributed by atoms with Crippen molar-refractivity contribution in [2.24, 2.45) is 5.10 Å². The zero-order valence-corrected chi connectivity index (χ0v) is 16.9. The van der Waals surface area contributed by atoms with Gasteiger partial charge in [0.05, 0.1) is 32.7 Å². The summed E-state index contributed by atoms with van der Waals surface area (Å²) in [6.45, 7) is 2.80. The summed E-state index contributed by atoms with van der Waals surface area (Å²) in [6.07, 6.45) is 3.06. The van der Waals surface area contributed by atoms with Gasteiger partial charge >= 0.3 is 0 Å². The SMILES string of the molecule is CCOc1ccc(C=NNc2cnn(Cc3ccccc3)c(=O)c2Cl)cc1OC. The molecule has 0 aliphatic heterocycles. The molecule has 3 aromatic rings. The maximum Gasteiger partial charge on any atom is 0.288 e. The third-order valence-electron chi connectivity index (χ3n) is 4.05. The van der Waals surface area contributed by atoms with Crippen molar-refractivity contribution in [3.63, 3.8) is 0 Å². The highest BCUT2D eigenvalue weighted by atomic mass is 35.5. The van der Waals surface area contributed by atoms with E-state index in [2.05, 4.69) is 15.6 Å². The van der Waals surface area contributed by atoms with Crippen molar-refractivity contribution in [3.05, 3.63) is 81.2 Å². The Bertz CT molecular complexity index is 1050. The van der Waals surface area contributed by atoms with Crippen LogP contribution in [0, 0.1) is 0 Å². The molecule has 0 saturated heterocycles. The minimum Gasteiger partial charge on any atom is -0.493 e. The van der Waals surface area contributed by atoms with Crippen molar-refractivity contribution in [2.45, 2.75) is 13.5 Å². The Morgan fingerprint density at radius 1 is 1.21 bits per heavy atom. The van der Waals surface area contributed by atoms with E-state index in [4.69, 9.17) is 21.1 Å². The largest absolute Gasteiger partial charge is 0.493 e. The van der Waals surface area contributed by atoms with Crippen LogP contribution in [0.25, 0.3) is 0 Å². The summed E-state index contributed by atoms with van der Waals surface area (Å²) in [4.78, 5) is 12.5. The van der Waals surface area contributed by atoms with Crippen LogP contribution in [0.2, 0.25) is 5.02 Å². The number of anilines is 1. The second-order valence-corrected chi connectivity index (χ2v) is 6.41. The molecule has 0 bridgehead atoms. The summed E-state index contributed by atoms with van der Waals surface area (Å²) in [5.41, 5.74) is 4.45. The van der Waals surface area contributed by atoms with E-state index in [-0.39, 0.29) is 5.02 Å². The molecule has 0 unspecified atom stereocenters. The number of nitrogens with one attached hydrogen (secondary N) is 1. The lowest BCUT2D eigenvalue weighted by Gasteiger charge is -2.09. The van der Waals surface area contributed by atoms with Crippen molar-refractivity contribution in [1.82, 2.24) is 9.78 Å². The summed E-state index contributed by atoms with van der Waals surface area (Å²) in [5, 5.41) is 8.33. The first-order valence-electron chi connectivity index (χ1n) is 9.01. The second-order valence-electron chi connectivity index (χ2n) is 6.03. The normalized spacial score (nSPS) is 10.9. The van der Waals surface area contributed by atoms with Crippen LogP contribution >= 0.6 is 11.6 Å². The van der Waals surface area contributed by atoms with E-state index >= 15 is 0 Å². The van der Waals surface area contributed by atoms with Gasteiger partial charge in [-0.2, -0.15) is 10.2 Å². The molecule has 150 valence electrons. The maximum absolute atomic E-state index is 12.5. The smallest absolute Gasteiger partial charge is 0.288 e. The lowest BCUT2D eigenvalue weighted by molar-refractivity contribution is 0.311. The molecule has 7 nitrogen and oxygen atoms in total. The third kappa shape index (κ3) is 5.14. The molecule has 1 heterocycles. The second kappa shape index (κ2) is 9.75. The maximum atomic E-state index is 12.5. The first-order valence-corrected chi connectivity index (χ1v) is 9.39. The number of methoxy groups -OCH3 is 1. The summed E-state index contributed by atoms with van der Waals surface area (Å²) in [6, 6.07) is 15.0. The fourth-order valence-electron chi connectivity index (χ4n) is 2.63. The first kappa shape index (κ1) is 20.4. The Morgan fingerprint density at radius 3 is 2.72 bits per heavy atom. The highest BCUT2D eigenvalue weighted by Crippen LogP contribution is 2.27. The molecule has 29 heavy (non-hydrogen) atoms. The fraction of sp³-hybridized carbons (Fsp3) is 0.190. The van der Waals surface area contributed by atoms with Crippen molar-refractivity contribution in [3.8, 4) is 11.5 Å². The predicted octanol–water partition coefficient (Wildman–Crippen LogP) is 3.80. The molecule has 3 rings (SSSR count). The van der Waals surface area contributed by atoms with Gasteiger partial charge in [-0.25, -0.2) is 4.68 Å². The van der Waals surface area contributed by atoms with E-state index in [0.29, 0.717) is 30.3 Å². The number of hydrazone groups is 1. The zero-order valence-electron chi connectivity index (χ0n) is 16.1. The van der Waals surface area contributed by atoms with E-state index in [9.17, 15) is 4.79 Å². The lowest BCUT2D eigenvalue weighted by atomic mass is 10.2. The quantitative estimate of drug-likeness (QED) is 0.449. The average Bonchev–Trinajstić information content (AvgIpc) is 2.75. The molecule has 0 aliphatic carbocycles. The van der Waals surface area contributed by atoms with Gasteiger partial charge in [0.2, 0.25) is 0 Å². The van der Waals surface area contributed by atoms with Gasteiger partial charge in [-0.1, -0.05) is 41.9 Å². The van der Waals surface area contributed by atoms with Crippen LogP contribution < -0.4 is 20.5 Å². The Labute approximate surface area is 173 Å². The van der Waals surface area contributed by atoms with Gasteiger partial charge in [-0.15, -0.1) is 0 Å². The van der Waals surface area contributed by atoms with E-state index in [0.717, 1.165) is 11.1 Å². The number of benzene rings is 2. The lowest BCUT2D eigenvalue weighted by Crippen LogP contribution is -2.24. The standard InChI is InChI=1S/C21H21ClN4O3/c1-3-29-18-10-9-16(11-19(18)28-2)12-23-25-17-13-24-26(21(27)20(17)22)14-15-7-5-4-6-8-15/h4-13,25H,3,14H2,1-2H3. The molecular weight excluding hydrogens is 392 g/mol. The summed E-state index contributed by atoms with van der Waals surface area (Å²) in [5.74, 6) is 1.27. The molecule has 2 aromatic carbocycles. The van der Waals surface area contributed by atoms with E-state index < -0.39 is 5.56 Å². The van der Waals surface area contributed by atoms with E-state index in [1.807, 2.05) is 49.4 Å². The van der Waals surface area contributed by atoms with Gasteiger partial charge < -0.3 is 9.47 Å². The summed E-state index contributed by atoms with van der Waals surface area (Å²) in [7, 11) is 1.58. The number of aromatic nitrogens is 2. The monoisotopic (exact) mass is 412 g/mol. The van der Waals surface area contributed by atoms with Gasteiger partial charge in [0.25, 0.3) is 5.56 Å². The van der Waals surface area contributed by atoms with E-state index in [1.54, 1.807) is 19.4 Å². The van der Waals surface area contributed by atoms with Gasteiger partial charge in [-0.05, 0) is 36.2 Å². The molecule has 0 radical (unpaired) electrons. The van der Waals surface area contributed by atoms with Crippen molar-refractivity contribution in [2.75, 3.05) is 19.1 Å². The highest BCUT2D eigenvalue weighted by Gasteiger charge is 2.09. The number of nitrogens with zero attached hydrogens (tertiary/aromatic N) is 3. The van der Waals surface area contributed by atoms with Gasteiger partial charge in [0.15, 0.2) is 11.5 Å². The van der Waals surface area contributed by atoms with Crippen LogP contribution in [0.1, 0.15) is 18.1 Å². The zero-order chi connectivity index (χ0) is 20.6. The Kier molecular flexibility index (Phi) is 6.86. The number of ether oxygens (including phenoxy) is 2. The molecule has 1 N–H and O–H groups in total. The molecule has 0 aliphatic rings. The topological polar surface area (TPSA) is 77.7 Å². The van der Waals surface area contributed by atoms with Crippen molar-refractivity contribution < 1.29 is 9.47 Å². The van der Waals surface area contributed by atoms with Crippen molar-refractivity contribution in [1.29, 1.82) is 0 Å². The first-order chi connectivity index (χ1) is 14.1. The number of halogens is 1. The molecule has 0 atom stereocenters. The van der Waals surface area contributed by atoms with Crippen LogP contribution in [0.15, 0.2) is 64.6 Å². The summed E-state index contributed by atoms with van der Waals surface area (Å²) < 4.78 is 12.1. The fourth-order valence-corrected chi connectivity index (χ4v) is 2.82. The van der Waals surface area contributed by atoms with Crippen LogP contribution in [0.5, 0.6) is 11.5 Å². The number of rotatable bonds is 8. The van der Waals surface area contributed by atoms with Gasteiger partial charge in [0.1, 0.15) is 10.7 Å². The van der Waals surface area contributed by atoms with Gasteiger partial charge in [0, 0.05) is 0 Å². The third-order valence-corrected chi connectivity index (χ3v) is 4.41. The Hall–Kier alpha value is -3.32. The summed E-state index contributed by atoms with van der Waals surface area (Å²) >= 11 is 6.20. The van der Waals surface area contributed by atoms with Crippen LogP contribution in [-0.2, 0) is 6.54 Å². The molecule has 0 saturated carbocycles. The highest BCUT2D eigenvalue weighted by molar-refractivity contribution is 6.32. The minimum atomic E-state index is -0.390. The average molecular weight is 413 g/mol. The van der Waals surface area contributed by atoms with Crippen LogP contribution in [0.3, 0.4) is 0 Å². The van der Waals surface area contributed by atoms with Crippen LogP contribution in [0.4, 0.5) is 5.69 Å². The number of hydrogen-bond donors (Lipinski definition) is 1. The predicted molar refractivity (Wildman–Crippen MR) is 114 cm³/mol. The molecule has 0 amide bonds. The van der Waals surface area contributed by atoms with Gasteiger partial charge in [-0.3, -0.25) is 10.2 Å².